The van der Waals surface area contributed by atoms with E-state index in [0.717, 1.165) is 50.1 Å². The van der Waals surface area contributed by atoms with E-state index in [1.54, 1.807) is 0 Å². The molecule has 5 heteroatoms. The van der Waals surface area contributed by atoms with Gasteiger partial charge in [0.1, 0.15) is 12.0 Å². The van der Waals surface area contributed by atoms with Crippen molar-refractivity contribution in [2.45, 2.75) is 6.17 Å². The molecule has 208 valence electrons. The Morgan fingerprint density at radius 3 is 1.70 bits per heavy atom. The molecule has 1 N–H and O–H groups in total. The molecule has 0 radical (unpaired) electrons. The van der Waals surface area contributed by atoms with Gasteiger partial charge in [-0.2, -0.15) is 4.99 Å². The molecule has 1 aliphatic heterocycles. The van der Waals surface area contributed by atoms with E-state index in [1.807, 2.05) is 6.07 Å². The Bertz CT molecular complexity index is 2360. The maximum Gasteiger partial charge on any atom is 0.234 e. The molecule has 0 bridgehead atoms. The minimum Gasteiger partial charge on any atom is -0.344 e. The molecule has 0 saturated carbocycles. The van der Waals surface area contributed by atoms with E-state index in [-0.39, 0.29) is 6.17 Å². The molecule has 5 nitrogen and oxygen atoms in total. The van der Waals surface area contributed by atoms with Crippen LogP contribution in [0.2, 0.25) is 0 Å². The number of aromatic nitrogens is 2. The number of rotatable bonds is 3. The van der Waals surface area contributed by atoms with E-state index in [1.165, 1.54) is 16.2 Å². The van der Waals surface area contributed by atoms with Gasteiger partial charge in [-0.25, -0.2) is 4.99 Å². The molecule has 0 aliphatic carbocycles. The Balaban J connectivity index is 1.33. The second kappa shape index (κ2) is 9.82. The van der Waals surface area contributed by atoms with Gasteiger partial charge in [-0.1, -0.05) is 115 Å². The van der Waals surface area contributed by atoms with Gasteiger partial charge < -0.3 is 9.88 Å². The van der Waals surface area contributed by atoms with Gasteiger partial charge in [0.2, 0.25) is 5.96 Å². The van der Waals surface area contributed by atoms with Crippen LogP contribution in [0.1, 0.15) is 17.3 Å². The number of aliphatic imine (C=N–C) groups is 2. The Morgan fingerprint density at radius 1 is 0.477 bits per heavy atom. The molecule has 0 amide bonds. The van der Waals surface area contributed by atoms with Crippen molar-refractivity contribution >= 4 is 55.4 Å². The van der Waals surface area contributed by atoms with Gasteiger partial charge in [0.15, 0.2) is 0 Å². The lowest BCUT2D eigenvalue weighted by Gasteiger charge is -2.24. The average Bonchev–Trinajstić information content (AvgIpc) is 3.62. The first-order chi connectivity index (χ1) is 21.8. The van der Waals surface area contributed by atoms with Crippen molar-refractivity contribution in [3.63, 3.8) is 0 Å². The lowest BCUT2D eigenvalue weighted by molar-refractivity contribution is 0.669. The van der Waals surface area contributed by atoms with E-state index < -0.39 is 0 Å². The molecule has 3 heterocycles. The summed E-state index contributed by atoms with van der Waals surface area (Å²) >= 11 is 0. The minimum absolute atomic E-state index is 0.309. The lowest BCUT2D eigenvalue weighted by atomic mass is 10.0. The van der Waals surface area contributed by atoms with E-state index in [0.29, 0.717) is 5.96 Å². The molecule has 0 saturated heterocycles. The van der Waals surface area contributed by atoms with Crippen LogP contribution >= 0.6 is 0 Å². The zero-order chi connectivity index (χ0) is 29.0. The minimum atomic E-state index is -0.309. The van der Waals surface area contributed by atoms with Gasteiger partial charge in [-0.3, -0.25) is 4.57 Å². The number of hydrogen-bond donors (Lipinski definition) is 1. The number of amidine groups is 1. The Kier molecular flexibility index (Phi) is 5.50. The second-order valence-corrected chi connectivity index (χ2v) is 11.1. The topological polar surface area (TPSA) is 46.6 Å². The summed E-state index contributed by atoms with van der Waals surface area (Å²) < 4.78 is 4.54. The van der Waals surface area contributed by atoms with Crippen LogP contribution in [0.3, 0.4) is 0 Å². The summed E-state index contributed by atoms with van der Waals surface area (Å²) in [6.07, 6.45) is -0.309. The molecule has 2 aromatic heterocycles. The molecule has 1 unspecified atom stereocenters. The van der Waals surface area contributed by atoms with E-state index in [4.69, 9.17) is 9.98 Å². The van der Waals surface area contributed by atoms with Crippen molar-refractivity contribution in [1.29, 1.82) is 0 Å². The molecule has 8 aromatic rings. The van der Waals surface area contributed by atoms with Crippen molar-refractivity contribution in [3.05, 3.63) is 163 Å². The third-order valence-corrected chi connectivity index (χ3v) is 8.59. The quantitative estimate of drug-likeness (QED) is 0.229. The number of nitrogens with one attached hydrogen (secondary N) is 1. The Morgan fingerprint density at radius 2 is 1.02 bits per heavy atom. The van der Waals surface area contributed by atoms with Crippen LogP contribution in [0.25, 0.3) is 49.3 Å². The number of nitrogens with zero attached hydrogens (tertiary/aromatic N) is 4. The van der Waals surface area contributed by atoms with Crippen LogP contribution in [-0.4, -0.2) is 20.9 Å². The normalized spacial score (nSPS) is 15.0. The van der Waals surface area contributed by atoms with Crippen molar-refractivity contribution in [2.24, 2.45) is 9.98 Å². The van der Waals surface area contributed by atoms with Crippen LogP contribution in [0.15, 0.2) is 162 Å². The summed E-state index contributed by atoms with van der Waals surface area (Å²) in [6, 6.07) is 53.1. The van der Waals surface area contributed by atoms with Gasteiger partial charge in [0.05, 0.1) is 22.1 Å². The smallest absolute Gasteiger partial charge is 0.234 e. The highest BCUT2D eigenvalue weighted by molar-refractivity contribution is 6.23. The molecule has 0 spiro atoms. The summed E-state index contributed by atoms with van der Waals surface area (Å²) in [6.45, 7) is 0. The predicted octanol–water partition coefficient (Wildman–Crippen LogP) is 8.84. The van der Waals surface area contributed by atoms with Gasteiger partial charge in [0.25, 0.3) is 0 Å². The second-order valence-electron chi connectivity index (χ2n) is 11.1. The Hall–Kier alpha value is -5.94. The highest BCUT2D eigenvalue weighted by Gasteiger charge is 2.26. The highest BCUT2D eigenvalue weighted by Crippen LogP contribution is 2.36. The maximum absolute atomic E-state index is 5.32. The van der Waals surface area contributed by atoms with Gasteiger partial charge in [-0.15, -0.1) is 0 Å². The van der Waals surface area contributed by atoms with Gasteiger partial charge >= 0.3 is 0 Å². The molecule has 0 fully saturated rings. The SMILES string of the molecule is c1ccc(C2N=C(n3c4ccccc4c4ccccc43)N=C(c3cccc4c3c3ccccc3n4-c3ccccc3)N2)cc1. The Labute approximate surface area is 254 Å². The number of fused-ring (bicyclic) bond motifs is 6. The van der Waals surface area contributed by atoms with Gasteiger partial charge in [-0.05, 0) is 42.0 Å². The van der Waals surface area contributed by atoms with Crippen molar-refractivity contribution in [1.82, 2.24) is 14.5 Å². The molecule has 6 aromatic carbocycles. The average molecular weight is 566 g/mol. The maximum atomic E-state index is 5.32. The van der Waals surface area contributed by atoms with Crippen LogP contribution in [0.4, 0.5) is 0 Å². The standard InChI is InChI=1S/C39H27N5/c1-3-14-26(15-4-1)37-40-38(42-39(41-37)44-32-22-10-7-18-28(32)29-19-8-11-23-33(29)44)31-21-13-25-35-36(31)30-20-9-12-24-34(30)43(35)27-16-5-2-6-17-27/h1-25,37H,(H,40,41,42). The fourth-order valence-corrected chi connectivity index (χ4v) is 6.69. The largest absolute Gasteiger partial charge is 0.344 e. The number of benzene rings is 6. The molecule has 44 heavy (non-hydrogen) atoms. The van der Waals surface area contributed by atoms with Crippen LogP contribution in [-0.2, 0) is 0 Å². The summed E-state index contributed by atoms with van der Waals surface area (Å²) in [7, 11) is 0. The zero-order valence-electron chi connectivity index (χ0n) is 23.8. The summed E-state index contributed by atoms with van der Waals surface area (Å²) in [4.78, 5) is 10.6. The van der Waals surface area contributed by atoms with Crippen molar-refractivity contribution in [3.8, 4) is 5.69 Å². The van der Waals surface area contributed by atoms with Crippen LogP contribution in [0, 0.1) is 0 Å². The fourth-order valence-electron chi connectivity index (χ4n) is 6.69. The van der Waals surface area contributed by atoms with Crippen LogP contribution < -0.4 is 5.32 Å². The monoisotopic (exact) mass is 565 g/mol. The molecule has 9 rings (SSSR count). The first kappa shape index (κ1) is 24.6. The molecular formula is C39H27N5. The lowest BCUT2D eigenvalue weighted by Crippen LogP contribution is -2.35. The first-order valence-electron chi connectivity index (χ1n) is 14.9. The molecule has 1 aliphatic rings. The van der Waals surface area contributed by atoms with E-state index in [9.17, 15) is 0 Å². The van der Waals surface area contributed by atoms with Crippen molar-refractivity contribution < 1.29 is 0 Å². The number of para-hydroxylation sites is 4. The summed E-state index contributed by atoms with van der Waals surface area (Å²) in [5.74, 6) is 1.46. The zero-order valence-corrected chi connectivity index (χ0v) is 23.8. The van der Waals surface area contributed by atoms with Crippen molar-refractivity contribution in [2.75, 3.05) is 0 Å². The highest BCUT2D eigenvalue weighted by atomic mass is 15.3. The predicted molar refractivity (Wildman–Crippen MR) is 182 cm³/mol. The molecular weight excluding hydrogens is 538 g/mol. The fraction of sp³-hybridized carbons (Fsp3) is 0.0256. The third-order valence-electron chi connectivity index (χ3n) is 8.59. The van der Waals surface area contributed by atoms with E-state index in [2.05, 4.69) is 160 Å². The first-order valence-corrected chi connectivity index (χ1v) is 14.9. The van der Waals surface area contributed by atoms with Crippen LogP contribution in [0.5, 0.6) is 0 Å². The number of hydrogen-bond acceptors (Lipinski definition) is 3. The van der Waals surface area contributed by atoms with Gasteiger partial charge in [0, 0.05) is 32.8 Å². The third kappa shape index (κ3) is 3.73. The van der Waals surface area contributed by atoms with E-state index >= 15 is 0 Å². The summed E-state index contributed by atoms with van der Waals surface area (Å²) in [5.41, 5.74) is 7.72. The molecule has 1 atom stereocenters. The summed E-state index contributed by atoms with van der Waals surface area (Å²) in [5, 5.41) is 8.44.